The van der Waals surface area contributed by atoms with Crippen molar-refractivity contribution in [1.82, 2.24) is 10.6 Å². The first kappa shape index (κ1) is 23.3. The smallest absolute Gasteiger partial charge is 0.227 e. The normalized spacial score (nSPS) is 15.2. The summed E-state index contributed by atoms with van der Waals surface area (Å²) in [6.45, 7) is 6.45. The molecule has 0 saturated carbocycles. The monoisotopic (exact) mass is 510 g/mol. The number of guanidine groups is 1. The van der Waals surface area contributed by atoms with Gasteiger partial charge in [-0.15, -0.1) is 24.0 Å². The van der Waals surface area contributed by atoms with Gasteiger partial charge in [-0.25, -0.2) is 4.99 Å². The summed E-state index contributed by atoms with van der Waals surface area (Å²) >= 11 is 0. The Hall–Kier alpha value is -2.03. The van der Waals surface area contributed by atoms with Crippen molar-refractivity contribution in [2.24, 2.45) is 4.99 Å². The van der Waals surface area contributed by atoms with Gasteiger partial charge in [0.25, 0.3) is 0 Å². The quantitative estimate of drug-likeness (QED) is 0.319. The fraction of sp³-hybridized carbons (Fsp3) is 0.455. The summed E-state index contributed by atoms with van der Waals surface area (Å²) in [5.41, 5.74) is 2.09. The fourth-order valence-electron chi connectivity index (χ4n) is 3.12. The number of hydrogen-bond acceptors (Lipinski definition) is 3. The second kappa shape index (κ2) is 11.8. The molecule has 1 aliphatic rings. The summed E-state index contributed by atoms with van der Waals surface area (Å²) in [4.78, 5) is 18.5. The molecule has 1 aliphatic heterocycles. The molecule has 2 aromatic rings. The summed E-state index contributed by atoms with van der Waals surface area (Å²) in [6, 6.07) is 12.4. The maximum atomic E-state index is 11.9. The number of aliphatic imine (C=N–C) groups is 1. The highest BCUT2D eigenvalue weighted by Crippen LogP contribution is 2.21. The van der Waals surface area contributed by atoms with Gasteiger partial charge >= 0.3 is 0 Å². The Balaban J connectivity index is 0.00000300. The van der Waals surface area contributed by atoms with Crippen molar-refractivity contribution in [3.05, 3.63) is 54.0 Å². The topological polar surface area (TPSA) is 69.9 Å². The number of furan rings is 1. The summed E-state index contributed by atoms with van der Waals surface area (Å²) in [5, 5.41) is 6.82. The second-order valence-electron chi connectivity index (χ2n) is 7.19. The van der Waals surface area contributed by atoms with Gasteiger partial charge in [-0.1, -0.05) is 19.1 Å². The van der Waals surface area contributed by atoms with E-state index in [-0.39, 0.29) is 29.9 Å². The lowest BCUT2D eigenvalue weighted by molar-refractivity contribution is -0.117. The van der Waals surface area contributed by atoms with Gasteiger partial charge in [-0.2, -0.15) is 0 Å². The lowest BCUT2D eigenvalue weighted by Gasteiger charge is -2.17. The van der Waals surface area contributed by atoms with E-state index in [1.54, 1.807) is 6.26 Å². The molecule has 1 aromatic heterocycles. The van der Waals surface area contributed by atoms with Crippen LogP contribution in [-0.4, -0.2) is 31.0 Å². The highest BCUT2D eigenvalue weighted by molar-refractivity contribution is 14.0. The Morgan fingerprint density at radius 2 is 2.07 bits per heavy atom. The third kappa shape index (κ3) is 7.06. The van der Waals surface area contributed by atoms with Crippen molar-refractivity contribution in [3.63, 3.8) is 0 Å². The van der Waals surface area contributed by atoms with E-state index in [1.165, 1.54) is 0 Å². The van der Waals surface area contributed by atoms with Crippen LogP contribution < -0.4 is 15.5 Å². The predicted octanol–water partition coefficient (Wildman–Crippen LogP) is 4.10. The third-order valence-electron chi connectivity index (χ3n) is 4.98. The van der Waals surface area contributed by atoms with Crippen LogP contribution in [0.5, 0.6) is 0 Å². The number of carbonyl (C=O) groups is 1. The van der Waals surface area contributed by atoms with Crippen LogP contribution in [0.4, 0.5) is 5.69 Å². The van der Waals surface area contributed by atoms with Crippen molar-refractivity contribution in [3.8, 4) is 0 Å². The molecule has 1 atom stereocenters. The predicted molar refractivity (Wildman–Crippen MR) is 128 cm³/mol. The number of carbonyl (C=O) groups excluding carboxylic acids is 1. The van der Waals surface area contributed by atoms with Crippen molar-refractivity contribution in [2.75, 3.05) is 18.0 Å². The van der Waals surface area contributed by atoms with Crippen LogP contribution in [0, 0.1) is 0 Å². The van der Waals surface area contributed by atoms with Crippen LogP contribution in [0.2, 0.25) is 0 Å². The molecule has 0 bridgehead atoms. The molecular weight excluding hydrogens is 479 g/mol. The molecule has 1 aromatic carbocycles. The zero-order valence-corrected chi connectivity index (χ0v) is 19.5. The molecule has 3 rings (SSSR count). The van der Waals surface area contributed by atoms with Gasteiger partial charge < -0.3 is 20.0 Å². The zero-order chi connectivity index (χ0) is 19.8. The van der Waals surface area contributed by atoms with Crippen LogP contribution in [0.25, 0.3) is 0 Å². The maximum absolute atomic E-state index is 11.9. The molecule has 0 spiro atoms. The number of halogens is 1. The fourth-order valence-corrected chi connectivity index (χ4v) is 3.12. The lowest BCUT2D eigenvalue weighted by atomic mass is 10.2. The molecule has 1 amide bonds. The lowest BCUT2D eigenvalue weighted by Crippen LogP contribution is -2.42. The minimum absolute atomic E-state index is 0. The standard InChI is InChI=1S/C22H30N4O2.HI/c1-3-17(2)25-22(23-13-12-20-6-5-15-28-20)24-16-18-8-10-19(11-9-18)26-14-4-7-21(26)27;/h5-6,8-11,15,17H,3-4,7,12-14,16H2,1-2H3,(H2,23,24,25);1H. The molecule has 6 nitrogen and oxygen atoms in total. The number of rotatable bonds is 8. The van der Waals surface area contributed by atoms with Crippen molar-refractivity contribution in [2.45, 2.75) is 52.1 Å². The number of anilines is 1. The molecule has 2 heterocycles. The van der Waals surface area contributed by atoms with Crippen LogP contribution >= 0.6 is 24.0 Å². The van der Waals surface area contributed by atoms with Crippen LogP contribution in [0.15, 0.2) is 52.1 Å². The SMILES string of the molecule is CCC(C)NC(=NCc1ccc(N2CCCC2=O)cc1)NCCc1ccco1.I. The molecule has 0 radical (unpaired) electrons. The van der Waals surface area contributed by atoms with Gasteiger partial charge in [0.05, 0.1) is 12.8 Å². The van der Waals surface area contributed by atoms with Gasteiger partial charge in [0.1, 0.15) is 5.76 Å². The molecule has 1 fully saturated rings. The third-order valence-corrected chi connectivity index (χ3v) is 4.98. The number of nitrogens with zero attached hydrogens (tertiary/aromatic N) is 2. The first-order valence-corrected chi connectivity index (χ1v) is 10.1. The highest BCUT2D eigenvalue weighted by atomic mass is 127. The molecule has 1 saturated heterocycles. The molecule has 7 heteroatoms. The largest absolute Gasteiger partial charge is 0.469 e. The number of hydrogen-bond donors (Lipinski definition) is 2. The van der Waals surface area contributed by atoms with Gasteiger partial charge in [-0.05, 0) is 49.6 Å². The van der Waals surface area contributed by atoms with Crippen molar-refractivity contribution < 1.29 is 9.21 Å². The average molecular weight is 510 g/mol. The molecule has 1 unspecified atom stereocenters. The zero-order valence-electron chi connectivity index (χ0n) is 17.2. The van der Waals surface area contributed by atoms with E-state index in [2.05, 4.69) is 24.5 Å². The Labute approximate surface area is 190 Å². The molecular formula is C22H31IN4O2. The first-order valence-electron chi connectivity index (χ1n) is 10.1. The van der Waals surface area contributed by atoms with Gasteiger partial charge in [0, 0.05) is 37.7 Å². The number of benzene rings is 1. The molecule has 2 N–H and O–H groups in total. The summed E-state index contributed by atoms with van der Waals surface area (Å²) in [7, 11) is 0. The first-order chi connectivity index (χ1) is 13.7. The number of amides is 1. The van der Waals surface area contributed by atoms with Crippen LogP contribution in [0.1, 0.15) is 44.4 Å². The molecule has 0 aliphatic carbocycles. The van der Waals surface area contributed by atoms with Gasteiger partial charge in [0.2, 0.25) is 5.91 Å². The molecule has 158 valence electrons. The summed E-state index contributed by atoms with van der Waals surface area (Å²) < 4.78 is 5.38. The minimum Gasteiger partial charge on any atom is -0.469 e. The van der Waals surface area contributed by atoms with E-state index in [0.29, 0.717) is 19.0 Å². The van der Waals surface area contributed by atoms with Crippen LogP contribution in [0.3, 0.4) is 0 Å². The van der Waals surface area contributed by atoms with E-state index in [4.69, 9.17) is 9.41 Å². The average Bonchev–Trinajstić information content (AvgIpc) is 3.38. The summed E-state index contributed by atoms with van der Waals surface area (Å²) in [6.07, 6.45) is 5.13. The van der Waals surface area contributed by atoms with Crippen molar-refractivity contribution in [1.29, 1.82) is 0 Å². The highest BCUT2D eigenvalue weighted by Gasteiger charge is 2.21. The van der Waals surface area contributed by atoms with E-state index in [1.807, 2.05) is 41.3 Å². The Morgan fingerprint density at radius 3 is 2.69 bits per heavy atom. The Kier molecular flexibility index (Phi) is 9.50. The maximum Gasteiger partial charge on any atom is 0.227 e. The minimum atomic E-state index is 0. The summed E-state index contributed by atoms with van der Waals surface area (Å²) in [5.74, 6) is 1.98. The van der Waals surface area contributed by atoms with E-state index in [0.717, 1.165) is 55.3 Å². The van der Waals surface area contributed by atoms with E-state index >= 15 is 0 Å². The second-order valence-corrected chi connectivity index (χ2v) is 7.19. The Bertz CT molecular complexity index is 775. The van der Waals surface area contributed by atoms with Gasteiger partial charge in [-0.3, -0.25) is 4.79 Å². The molecule has 29 heavy (non-hydrogen) atoms. The van der Waals surface area contributed by atoms with Gasteiger partial charge in [0.15, 0.2) is 5.96 Å². The van der Waals surface area contributed by atoms with E-state index in [9.17, 15) is 4.79 Å². The van der Waals surface area contributed by atoms with Crippen LogP contribution in [-0.2, 0) is 17.8 Å². The van der Waals surface area contributed by atoms with Crippen molar-refractivity contribution >= 4 is 41.5 Å². The number of nitrogens with one attached hydrogen (secondary N) is 2. The Morgan fingerprint density at radius 1 is 1.28 bits per heavy atom. The van der Waals surface area contributed by atoms with E-state index < -0.39 is 0 Å².